The highest BCUT2D eigenvalue weighted by atomic mass is 32.1. The van der Waals surface area contributed by atoms with Crippen LogP contribution in [0.2, 0.25) is 0 Å². The van der Waals surface area contributed by atoms with Gasteiger partial charge in [0.15, 0.2) is 5.82 Å². The number of hydrogen-bond acceptors (Lipinski definition) is 4. The van der Waals surface area contributed by atoms with Gasteiger partial charge in [-0.25, -0.2) is 4.68 Å². The first kappa shape index (κ1) is 13.6. The SMILES string of the molecule is COc1ccc(C)cc1-n1ncc(-c2nc(=S)[nH][nH]2)c1C. The summed E-state index contributed by atoms with van der Waals surface area (Å²) in [5, 5.41) is 10.2. The third-order valence-corrected chi connectivity index (χ3v) is 3.52. The normalized spacial score (nSPS) is 10.8. The minimum Gasteiger partial charge on any atom is -0.494 e. The van der Waals surface area contributed by atoms with E-state index < -0.39 is 0 Å². The molecule has 0 aliphatic rings. The summed E-state index contributed by atoms with van der Waals surface area (Å²) in [6, 6.07) is 5.98. The van der Waals surface area contributed by atoms with Crippen molar-refractivity contribution in [3.05, 3.63) is 40.4 Å². The Morgan fingerprint density at radius 3 is 2.71 bits per heavy atom. The van der Waals surface area contributed by atoms with E-state index in [0.29, 0.717) is 10.6 Å². The molecule has 0 aliphatic carbocycles. The maximum atomic E-state index is 5.42. The number of methoxy groups -OCH3 is 1. The minimum absolute atomic E-state index is 0.422. The molecule has 0 aliphatic heterocycles. The zero-order valence-corrected chi connectivity index (χ0v) is 12.8. The summed E-state index contributed by atoms with van der Waals surface area (Å²) < 4.78 is 7.68. The first-order valence-corrected chi connectivity index (χ1v) is 6.85. The molecule has 0 unspecified atom stereocenters. The fraction of sp³-hybridized carbons (Fsp3) is 0.214. The van der Waals surface area contributed by atoms with E-state index in [4.69, 9.17) is 17.0 Å². The monoisotopic (exact) mass is 301 g/mol. The Morgan fingerprint density at radius 1 is 1.24 bits per heavy atom. The van der Waals surface area contributed by atoms with Gasteiger partial charge in [0, 0.05) is 0 Å². The fourth-order valence-electron chi connectivity index (χ4n) is 2.25. The predicted octanol–water partition coefficient (Wildman–Crippen LogP) is 2.95. The number of rotatable bonds is 3. The van der Waals surface area contributed by atoms with E-state index in [1.165, 1.54) is 0 Å². The summed E-state index contributed by atoms with van der Waals surface area (Å²) in [5.41, 5.74) is 3.89. The third kappa shape index (κ3) is 2.36. The van der Waals surface area contributed by atoms with Gasteiger partial charge in [-0.1, -0.05) is 6.07 Å². The molecule has 3 aromatic rings. The van der Waals surface area contributed by atoms with E-state index in [1.807, 2.05) is 36.7 Å². The van der Waals surface area contributed by atoms with E-state index in [-0.39, 0.29) is 0 Å². The maximum Gasteiger partial charge on any atom is 0.213 e. The smallest absolute Gasteiger partial charge is 0.213 e. The van der Waals surface area contributed by atoms with Crippen molar-refractivity contribution >= 4 is 12.2 Å². The Hall–Kier alpha value is -2.41. The highest BCUT2D eigenvalue weighted by Crippen LogP contribution is 2.28. The van der Waals surface area contributed by atoms with Crippen LogP contribution in [-0.2, 0) is 0 Å². The zero-order valence-electron chi connectivity index (χ0n) is 12.0. The van der Waals surface area contributed by atoms with Gasteiger partial charge >= 0.3 is 0 Å². The molecule has 21 heavy (non-hydrogen) atoms. The second-order valence-electron chi connectivity index (χ2n) is 4.75. The molecule has 0 fully saturated rings. The molecule has 3 rings (SSSR count). The van der Waals surface area contributed by atoms with Crippen LogP contribution in [0.25, 0.3) is 17.1 Å². The number of aromatic amines is 2. The Labute approximate surface area is 126 Å². The Bertz CT molecular complexity index is 845. The number of nitrogens with one attached hydrogen (secondary N) is 2. The van der Waals surface area contributed by atoms with Gasteiger partial charge in [0.05, 0.1) is 24.6 Å². The molecule has 0 amide bonds. The van der Waals surface area contributed by atoms with Crippen molar-refractivity contribution < 1.29 is 4.74 Å². The van der Waals surface area contributed by atoms with Crippen LogP contribution in [0.15, 0.2) is 24.4 Å². The fourth-order valence-corrected chi connectivity index (χ4v) is 2.39. The average Bonchev–Trinajstić information content (AvgIpc) is 3.04. The van der Waals surface area contributed by atoms with E-state index in [9.17, 15) is 0 Å². The molecule has 0 saturated carbocycles. The molecule has 6 nitrogen and oxygen atoms in total. The van der Waals surface area contributed by atoms with Crippen molar-refractivity contribution in [2.24, 2.45) is 0 Å². The van der Waals surface area contributed by atoms with Crippen molar-refractivity contribution in [1.29, 1.82) is 0 Å². The van der Waals surface area contributed by atoms with Crippen LogP contribution in [-0.4, -0.2) is 32.1 Å². The zero-order chi connectivity index (χ0) is 15.0. The summed E-state index contributed by atoms with van der Waals surface area (Å²) in [5.74, 6) is 1.45. The van der Waals surface area contributed by atoms with Gasteiger partial charge < -0.3 is 4.74 Å². The Morgan fingerprint density at radius 2 is 2.05 bits per heavy atom. The second-order valence-corrected chi connectivity index (χ2v) is 5.13. The van der Waals surface area contributed by atoms with Gasteiger partial charge in [0.25, 0.3) is 0 Å². The van der Waals surface area contributed by atoms with Crippen LogP contribution < -0.4 is 4.74 Å². The van der Waals surface area contributed by atoms with Crippen molar-refractivity contribution in [2.45, 2.75) is 13.8 Å². The van der Waals surface area contributed by atoms with Crippen LogP contribution >= 0.6 is 12.2 Å². The highest BCUT2D eigenvalue weighted by molar-refractivity contribution is 7.71. The largest absolute Gasteiger partial charge is 0.494 e. The molecule has 0 atom stereocenters. The Balaban J connectivity index is 2.15. The minimum atomic E-state index is 0.422. The molecule has 0 bridgehead atoms. The first-order valence-electron chi connectivity index (χ1n) is 6.45. The number of hydrogen-bond donors (Lipinski definition) is 2. The number of aryl methyl sites for hydroxylation is 1. The quantitative estimate of drug-likeness (QED) is 0.730. The molecule has 1 aromatic carbocycles. The summed E-state index contributed by atoms with van der Waals surface area (Å²) in [7, 11) is 1.65. The molecule has 2 heterocycles. The maximum absolute atomic E-state index is 5.42. The van der Waals surface area contributed by atoms with Crippen LogP contribution in [0.4, 0.5) is 0 Å². The van der Waals surface area contributed by atoms with E-state index in [0.717, 1.165) is 28.3 Å². The molecular weight excluding hydrogens is 286 g/mol. The van der Waals surface area contributed by atoms with E-state index in [2.05, 4.69) is 20.3 Å². The van der Waals surface area contributed by atoms with Gasteiger partial charge in [-0.15, -0.1) is 0 Å². The lowest BCUT2D eigenvalue weighted by atomic mass is 10.2. The molecule has 7 heteroatoms. The van der Waals surface area contributed by atoms with Crippen LogP contribution in [0.1, 0.15) is 11.3 Å². The van der Waals surface area contributed by atoms with Gasteiger partial charge in [-0.05, 0) is 43.8 Å². The molecule has 0 spiro atoms. The molecule has 2 N–H and O–H groups in total. The lowest BCUT2D eigenvalue weighted by Crippen LogP contribution is -2.02. The summed E-state index contributed by atoms with van der Waals surface area (Å²) in [6.07, 6.45) is 1.76. The van der Waals surface area contributed by atoms with Crippen molar-refractivity contribution in [1.82, 2.24) is 25.0 Å². The summed E-state index contributed by atoms with van der Waals surface area (Å²) in [6.45, 7) is 4.02. The van der Waals surface area contributed by atoms with Crippen molar-refractivity contribution in [3.63, 3.8) is 0 Å². The Kier molecular flexibility index (Phi) is 3.34. The molecule has 2 aromatic heterocycles. The van der Waals surface area contributed by atoms with Crippen LogP contribution in [0.3, 0.4) is 0 Å². The van der Waals surface area contributed by atoms with Gasteiger partial charge in [-0.3, -0.25) is 10.2 Å². The molecule has 0 radical (unpaired) electrons. The third-order valence-electron chi connectivity index (χ3n) is 3.33. The number of aromatic nitrogens is 5. The van der Waals surface area contributed by atoms with Gasteiger partial charge in [0.2, 0.25) is 4.77 Å². The van der Waals surface area contributed by atoms with E-state index >= 15 is 0 Å². The van der Waals surface area contributed by atoms with Gasteiger partial charge in [0.1, 0.15) is 11.4 Å². The number of benzene rings is 1. The number of nitrogens with zero attached hydrogens (tertiary/aromatic N) is 3. The highest BCUT2D eigenvalue weighted by Gasteiger charge is 2.15. The topological polar surface area (TPSA) is 71.5 Å². The van der Waals surface area contributed by atoms with Gasteiger partial charge in [-0.2, -0.15) is 10.1 Å². The summed E-state index contributed by atoms with van der Waals surface area (Å²) >= 11 is 4.99. The molecular formula is C14H15N5OS. The molecule has 108 valence electrons. The van der Waals surface area contributed by atoms with Crippen molar-refractivity contribution in [3.8, 4) is 22.8 Å². The lowest BCUT2D eigenvalue weighted by molar-refractivity contribution is 0.411. The first-order chi connectivity index (χ1) is 10.1. The summed E-state index contributed by atoms with van der Waals surface area (Å²) in [4.78, 5) is 4.23. The number of H-pyrrole nitrogens is 2. The molecule has 0 saturated heterocycles. The lowest BCUT2D eigenvalue weighted by Gasteiger charge is -2.11. The second kappa shape index (κ2) is 5.17. The van der Waals surface area contributed by atoms with Crippen LogP contribution in [0.5, 0.6) is 5.75 Å². The standard InChI is InChI=1S/C14H15N5OS/c1-8-4-5-12(20-3)11(6-8)19-9(2)10(7-15-19)13-16-14(21)18-17-13/h4-7H,1-3H3,(H2,16,17,18,21). The number of ether oxygens (including phenoxy) is 1. The van der Waals surface area contributed by atoms with E-state index in [1.54, 1.807) is 13.3 Å². The van der Waals surface area contributed by atoms with Crippen molar-refractivity contribution in [2.75, 3.05) is 7.11 Å². The van der Waals surface area contributed by atoms with Crippen LogP contribution in [0, 0.1) is 18.6 Å². The average molecular weight is 301 g/mol. The predicted molar refractivity (Wildman–Crippen MR) is 82.4 cm³/mol.